The Labute approximate surface area is 106 Å². The molecule has 4 N–H and O–H groups in total. The molecule has 18 heavy (non-hydrogen) atoms. The molecule has 10 heteroatoms. The van der Waals surface area contributed by atoms with Gasteiger partial charge < -0.3 is 25.2 Å². The van der Waals surface area contributed by atoms with Crippen LogP contribution in [0.3, 0.4) is 0 Å². The molecule has 0 bridgehead atoms. The third-order valence-electron chi connectivity index (χ3n) is 0.778. The van der Waals surface area contributed by atoms with E-state index in [-0.39, 0.29) is 13.1 Å². The van der Waals surface area contributed by atoms with E-state index < -0.39 is 22.1 Å². The molecular weight excluding hydrogens is 268 g/mol. The van der Waals surface area contributed by atoms with Crippen molar-refractivity contribution in [3.8, 4) is 0 Å². The molecule has 0 aromatic heterocycles. The molecule has 0 aliphatic carbocycles. The Balaban J connectivity index is -0.000000197. The monoisotopic (exact) mass is 288 g/mol. The summed E-state index contributed by atoms with van der Waals surface area (Å²) in [6.07, 6.45) is 0.715. The maximum absolute atomic E-state index is 9.89. The Morgan fingerprint density at radius 2 is 1.50 bits per heavy atom. The predicted molar refractivity (Wildman–Crippen MR) is 62.1 cm³/mol. The van der Waals surface area contributed by atoms with Crippen LogP contribution in [0.15, 0.2) is 0 Å². The number of carboxylic acid groups (broad SMARTS) is 2. The summed E-state index contributed by atoms with van der Waals surface area (Å²) >= 11 is 0. The minimum Gasteiger partial charge on any atom is -0.544 e. The van der Waals surface area contributed by atoms with E-state index in [0.29, 0.717) is 10.7 Å². The van der Waals surface area contributed by atoms with Crippen LogP contribution in [0.5, 0.6) is 0 Å². The molecule has 0 aliphatic rings. The van der Waals surface area contributed by atoms with Crippen molar-refractivity contribution in [1.82, 2.24) is 0 Å². The molecule has 0 spiro atoms. The average molecular weight is 288 g/mol. The molecule has 0 saturated carbocycles. The maximum atomic E-state index is 9.89. The topological polar surface area (TPSA) is 158 Å². The number of hydrogen-bond acceptors (Lipinski definition) is 6. The van der Waals surface area contributed by atoms with Crippen LogP contribution in [0, 0.1) is 0 Å². The molecule has 0 heterocycles. The second kappa shape index (κ2) is 9.76. The number of carbonyl (C=O) groups is 2. The minimum atomic E-state index is -3.67. The van der Waals surface area contributed by atoms with Gasteiger partial charge in [0.15, 0.2) is 0 Å². The second-order valence-corrected chi connectivity index (χ2v) is 5.62. The van der Waals surface area contributed by atoms with E-state index in [0.717, 1.165) is 0 Å². The molecule has 0 amide bonds. The smallest absolute Gasteiger partial charge is 0.317 e. The van der Waals surface area contributed by atoms with Gasteiger partial charge in [-0.15, -0.1) is 0 Å². The van der Waals surface area contributed by atoms with Crippen molar-refractivity contribution in [2.24, 2.45) is 5.73 Å². The van der Waals surface area contributed by atoms with Crippen LogP contribution >= 0.6 is 0 Å². The van der Waals surface area contributed by atoms with E-state index in [4.69, 9.17) is 9.66 Å². The largest absolute Gasteiger partial charge is 0.544 e. The Kier molecular flexibility index (Phi) is 11.9. The summed E-state index contributed by atoms with van der Waals surface area (Å²) in [6.45, 7) is -0.208. The number of likely N-dealkylation sites (N-methyl/N-ethyl adjacent to an activating group) is 1. The molecule has 0 saturated heterocycles. The van der Waals surface area contributed by atoms with E-state index in [1.165, 1.54) is 0 Å². The van der Waals surface area contributed by atoms with Crippen LogP contribution in [-0.4, -0.2) is 75.0 Å². The summed E-state index contributed by atoms with van der Waals surface area (Å²) in [5.74, 6) is -1.97. The SMILES string of the molecule is CS(=O)(=O)O.C[N+](C)(C)CC(=O)[O-].NCC(=O)O. The van der Waals surface area contributed by atoms with Gasteiger partial charge in [-0.05, 0) is 0 Å². The van der Waals surface area contributed by atoms with Crippen LogP contribution in [0.25, 0.3) is 0 Å². The fourth-order valence-corrected chi connectivity index (χ4v) is 0.387. The van der Waals surface area contributed by atoms with E-state index in [1.54, 1.807) is 21.1 Å². The number of aliphatic carboxylic acids is 2. The second-order valence-electron chi connectivity index (χ2n) is 4.15. The first-order chi connectivity index (χ1) is 7.69. The molecule has 0 fully saturated rings. The summed E-state index contributed by atoms with van der Waals surface area (Å²) in [6, 6.07) is 0. The third-order valence-corrected chi connectivity index (χ3v) is 0.778. The Hall–Kier alpha value is -1.23. The molecule has 0 aromatic carbocycles. The number of carboxylic acids is 2. The van der Waals surface area contributed by atoms with E-state index in [1.807, 2.05) is 0 Å². The van der Waals surface area contributed by atoms with Crippen molar-refractivity contribution in [2.45, 2.75) is 0 Å². The van der Waals surface area contributed by atoms with Gasteiger partial charge in [-0.2, -0.15) is 8.42 Å². The first kappa shape index (κ1) is 22.0. The quantitative estimate of drug-likeness (QED) is 0.365. The van der Waals surface area contributed by atoms with Crippen molar-refractivity contribution >= 4 is 22.1 Å². The van der Waals surface area contributed by atoms with Crippen molar-refractivity contribution in [2.75, 3.05) is 40.5 Å². The van der Waals surface area contributed by atoms with Crippen molar-refractivity contribution in [3.63, 3.8) is 0 Å². The number of rotatable bonds is 3. The normalized spacial score (nSPS) is 10.3. The Bertz CT molecular complexity index is 337. The van der Waals surface area contributed by atoms with E-state index in [2.05, 4.69) is 5.73 Å². The van der Waals surface area contributed by atoms with Crippen molar-refractivity contribution in [1.29, 1.82) is 0 Å². The van der Waals surface area contributed by atoms with Crippen LogP contribution in [0.4, 0.5) is 0 Å². The highest BCUT2D eigenvalue weighted by Gasteiger charge is 2.04. The summed E-state index contributed by atoms with van der Waals surface area (Å²) in [7, 11) is 1.74. The lowest BCUT2D eigenvalue weighted by atomic mass is 10.5. The molecule has 0 radical (unpaired) electrons. The standard InChI is InChI=1S/C5H11NO2.C2H5NO2.CH4O3S/c1-6(2,3)4-5(7)8;3-1-2(4)5;1-5(2,3)4/h4H2,1-3H3;1,3H2,(H,4,5);1H3,(H,2,3,4). The lowest BCUT2D eigenvalue weighted by Gasteiger charge is -2.23. The lowest BCUT2D eigenvalue weighted by Crippen LogP contribution is -2.45. The van der Waals surface area contributed by atoms with Gasteiger partial charge in [0.2, 0.25) is 0 Å². The molecule has 0 rings (SSSR count). The first-order valence-electron chi connectivity index (χ1n) is 4.53. The van der Waals surface area contributed by atoms with Gasteiger partial charge in [-0.25, -0.2) is 0 Å². The van der Waals surface area contributed by atoms with E-state index >= 15 is 0 Å². The predicted octanol–water partition coefficient (Wildman–Crippen LogP) is -3.02. The zero-order chi connectivity index (χ0) is 15.6. The Morgan fingerprint density at radius 3 is 1.50 bits per heavy atom. The van der Waals surface area contributed by atoms with Gasteiger partial charge in [0.1, 0.15) is 6.54 Å². The first-order valence-corrected chi connectivity index (χ1v) is 6.38. The highest BCUT2D eigenvalue weighted by molar-refractivity contribution is 7.85. The summed E-state index contributed by atoms with van der Waals surface area (Å²) in [5, 5.41) is 17.5. The van der Waals surface area contributed by atoms with E-state index in [9.17, 15) is 23.1 Å². The number of nitrogens with two attached hydrogens (primary N) is 1. The zero-order valence-corrected chi connectivity index (χ0v) is 11.6. The summed E-state index contributed by atoms with van der Waals surface area (Å²) < 4.78 is 26.3. The molecule has 9 nitrogen and oxygen atoms in total. The number of carbonyl (C=O) groups excluding carboxylic acids is 1. The van der Waals surface area contributed by atoms with Gasteiger partial charge in [-0.3, -0.25) is 9.35 Å². The fraction of sp³-hybridized carbons (Fsp3) is 0.750. The summed E-state index contributed by atoms with van der Waals surface area (Å²) in [5.41, 5.74) is 4.57. The zero-order valence-electron chi connectivity index (χ0n) is 10.8. The molecule has 110 valence electrons. The molecule has 0 aliphatic heterocycles. The van der Waals surface area contributed by atoms with Crippen LogP contribution < -0.4 is 10.8 Å². The fourth-order valence-electron chi connectivity index (χ4n) is 0.387. The van der Waals surface area contributed by atoms with Gasteiger partial charge in [0.25, 0.3) is 10.1 Å². The lowest BCUT2D eigenvalue weighted by molar-refractivity contribution is -0.864. The van der Waals surface area contributed by atoms with Gasteiger partial charge in [-0.1, -0.05) is 0 Å². The van der Waals surface area contributed by atoms with Crippen molar-refractivity contribution < 1.29 is 37.3 Å². The highest BCUT2D eigenvalue weighted by atomic mass is 32.2. The van der Waals surface area contributed by atoms with Gasteiger partial charge in [0.05, 0.1) is 39.9 Å². The molecule has 0 unspecified atom stereocenters. The van der Waals surface area contributed by atoms with Gasteiger partial charge >= 0.3 is 5.97 Å². The summed E-state index contributed by atoms with van der Waals surface area (Å²) in [4.78, 5) is 19.1. The maximum Gasteiger partial charge on any atom is 0.317 e. The van der Waals surface area contributed by atoms with Crippen molar-refractivity contribution in [3.05, 3.63) is 0 Å². The van der Waals surface area contributed by atoms with Crippen LogP contribution in [0.2, 0.25) is 0 Å². The van der Waals surface area contributed by atoms with Crippen LogP contribution in [0.1, 0.15) is 0 Å². The number of quaternary nitrogens is 1. The Morgan fingerprint density at radius 1 is 1.28 bits per heavy atom. The molecule has 0 atom stereocenters. The molecular formula is C8H20N2O7S. The number of nitrogens with zero attached hydrogens (tertiary/aromatic N) is 1. The third kappa shape index (κ3) is 84.1. The highest BCUT2D eigenvalue weighted by Crippen LogP contribution is 1.84. The van der Waals surface area contributed by atoms with Crippen LogP contribution in [-0.2, 0) is 19.7 Å². The number of hydrogen-bond donors (Lipinski definition) is 3. The average Bonchev–Trinajstić information content (AvgIpc) is 1.96. The molecule has 0 aromatic rings. The minimum absolute atomic E-state index is 0.0694. The van der Waals surface area contributed by atoms with Gasteiger partial charge in [0, 0.05) is 0 Å².